The van der Waals surface area contributed by atoms with Gasteiger partial charge in [0.25, 0.3) is 5.91 Å². The summed E-state index contributed by atoms with van der Waals surface area (Å²) in [6.07, 6.45) is 0. The van der Waals surface area contributed by atoms with Crippen molar-refractivity contribution in [3.8, 4) is 0 Å². The van der Waals surface area contributed by atoms with Gasteiger partial charge >= 0.3 is 0 Å². The number of nitrogens with zero attached hydrogens (tertiary/aromatic N) is 1. The van der Waals surface area contributed by atoms with Gasteiger partial charge < -0.3 is 4.48 Å². The maximum Gasteiger partial charge on any atom is 0.289 e. The quantitative estimate of drug-likeness (QED) is 0.212. The molecule has 4 nitrogen and oxygen atoms in total. The molecule has 0 atom stereocenters. The van der Waals surface area contributed by atoms with E-state index in [0.717, 1.165) is 0 Å². The molecule has 1 amide bonds. The molecular formula is C5H14N3O+. The van der Waals surface area contributed by atoms with Gasteiger partial charge in [0.1, 0.15) is 0 Å². The zero-order chi connectivity index (χ0) is 7.49. The van der Waals surface area contributed by atoms with E-state index in [4.69, 9.17) is 5.84 Å². The number of rotatable bonds is 2. The molecule has 0 aromatic carbocycles. The summed E-state index contributed by atoms with van der Waals surface area (Å²) >= 11 is 0. The lowest BCUT2D eigenvalue weighted by atomic mass is 10.5. The SMILES string of the molecule is C[N+](C)(C)CC(=O)NN. The van der Waals surface area contributed by atoms with Crippen molar-refractivity contribution in [2.24, 2.45) is 5.84 Å². The summed E-state index contributed by atoms with van der Waals surface area (Å²) in [5.74, 6) is 4.73. The smallest absolute Gasteiger partial charge is 0.289 e. The Labute approximate surface area is 55.2 Å². The highest BCUT2D eigenvalue weighted by Crippen LogP contribution is 1.86. The highest BCUT2D eigenvalue weighted by Gasteiger charge is 2.11. The minimum Gasteiger partial charge on any atom is -0.323 e. The first kappa shape index (κ1) is 8.39. The van der Waals surface area contributed by atoms with Gasteiger partial charge in [-0.3, -0.25) is 10.2 Å². The van der Waals surface area contributed by atoms with Crippen LogP contribution in [0.5, 0.6) is 0 Å². The van der Waals surface area contributed by atoms with Crippen molar-refractivity contribution < 1.29 is 9.28 Å². The van der Waals surface area contributed by atoms with Crippen LogP contribution in [-0.2, 0) is 4.79 Å². The number of likely N-dealkylation sites (N-methyl/N-ethyl adjacent to an activating group) is 1. The van der Waals surface area contributed by atoms with Gasteiger partial charge in [-0.05, 0) is 0 Å². The maximum absolute atomic E-state index is 10.6. The van der Waals surface area contributed by atoms with E-state index < -0.39 is 0 Å². The third kappa shape index (κ3) is 5.26. The molecule has 0 bridgehead atoms. The van der Waals surface area contributed by atoms with Crippen molar-refractivity contribution in [1.29, 1.82) is 0 Å². The number of nitrogens with two attached hydrogens (primary N) is 1. The van der Waals surface area contributed by atoms with Gasteiger partial charge in [0.2, 0.25) is 0 Å². The molecule has 9 heavy (non-hydrogen) atoms. The normalized spacial score (nSPS) is 11.1. The standard InChI is InChI=1S/C5H13N3O/c1-8(2,3)4-5(9)7-6/h4,6H2,1-3H3/p+1. The number of carbonyl (C=O) groups excluding carboxylic acids is 1. The number of nitrogens with one attached hydrogen (secondary N) is 1. The van der Waals surface area contributed by atoms with Crippen LogP contribution in [0.2, 0.25) is 0 Å². The number of amides is 1. The van der Waals surface area contributed by atoms with Crippen LogP contribution < -0.4 is 11.3 Å². The van der Waals surface area contributed by atoms with E-state index in [9.17, 15) is 4.79 Å². The monoisotopic (exact) mass is 132 g/mol. The summed E-state index contributed by atoms with van der Waals surface area (Å²) in [5.41, 5.74) is 2.07. The molecule has 0 aliphatic heterocycles. The predicted molar refractivity (Wildman–Crippen MR) is 35.2 cm³/mol. The van der Waals surface area contributed by atoms with Crippen LogP contribution in [0.25, 0.3) is 0 Å². The highest BCUT2D eigenvalue weighted by molar-refractivity contribution is 5.76. The molecule has 0 heterocycles. The molecule has 54 valence electrons. The van der Waals surface area contributed by atoms with E-state index in [0.29, 0.717) is 11.0 Å². The van der Waals surface area contributed by atoms with Crippen LogP contribution in [0.4, 0.5) is 0 Å². The topological polar surface area (TPSA) is 55.1 Å². The van der Waals surface area contributed by atoms with Gasteiger partial charge in [-0.1, -0.05) is 0 Å². The lowest BCUT2D eigenvalue weighted by Crippen LogP contribution is -2.46. The van der Waals surface area contributed by atoms with E-state index in [1.807, 2.05) is 21.1 Å². The first-order valence-electron chi connectivity index (χ1n) is 2.75. The van der Waals surface area contributed by atoms with Crippen molar-refractivity contribution in [3.63, 3.8) is 0 Å². The third-order valence-electron chi connectivity index (χ3n) is 0.779. The van der Waals surface area contributed by atoms with Crippen LogP contribution in [0, 0.1) is 0 Å². The Hall–Kier alpha value is -0.610. The molecule has 0 aliphatic carbocycles. The first-order chi connectivity index (χ1) is 3.95. The third-order valence-corrected chi connectivity index (χ3v) is 0.779. The van der Waals surface area contributed by atoms with Crippen LogP contribution >= 0.6 is 0 Å². The van der Waals surface area contributed by atoms with Crippen molar-refractivity contribution in [1.82, 2.24) is 5.43 Å². The summed E-state index contributed by atoms with van der Waals surface area (Å²) in [4.78, 5) is 10.6. The first-order valence-corrected chi connectivity index (χ1v) is 2.75. The largest absolute Gasteiger partial charge is 0.323 e. The van der Waals surface area contributed by atoms with Gasteiger partial charge in [-0.15, -0.1) is 0 Å². The number of hydrogen-bond donors (Lipinski definition) is 2. The molecule has 0 radical (unpaired) electrons. The second-order valence-electron chi connectivity index (χ2n) is 3.02. The molecule has 0 aliphatic rings. The molecule has 0 fully saturated rings. The van der Waals surface area contributed by atoms with Crippen LogP contribution in [0.1, 0.15) is 0 Å². The van der Waals surface area contributed by atoms with E-state index in [-0.39, 0.29) is 5.91 Å². The zero-order valence-electron chi connectivity index (χ0n) is 6.14. The Balaban J connectivity index is 3.60. The summed E-state index contributed by atoms with van der Waals surface area (Å²) in [7, 11) is 5.78. The van der Waals surface area contributed by atoms with Gasteiger partial charge in [0.15, 0.2) is 6.54 Å². The van der Waals surface area contributed by atoms with Gasteiger partial charge in [-0.2, -0.15) is 0 Å². The summed E-state index contributed by atoms with van der Waals surface area (Å²) in [6, 6.07) is 0. The molecule has 3 N–H and O–H groups in total. The minimum atomic E-state index is -0.137. The average molecular weight is 132 g/mol. The van der Waals surface area contributed by atoms with Crippen molar-refractivity contribution in [2.75, 3.05) is 27.7 Å². The average Bonchev–Trinajstić information content (AvgIpc) is 1.62. The van der Waals surface area contributed by atoms with Gasteiger partial charge in [0, 0.05) is 0 Å². The van der Waals surface area contributed by atoms with E-state index >= 15 is 0 Å². The van der Waals surface area contributed by atoms with E-state index in [1.54, 1.807) is 0 Å². The van der Waals surface area contributed by atoms with Crippen LogP contribution in [0.3, 0.4) is 0 Å². The molecule has 0 saturated heterocycles. The van der Waals surface area contributed by atoms with Gasteiger partial charge in [0.05, 0.1) is 21.1 Å². The van der Waals surface area contributed by atoms with E-state index in [1.165, 1.54) is 0 Å². The van der Waals surface area contributed by atoms with E-state index in [2.05, 4.69) is 5.43 Å². The molecule has 0 rings (SSSR count). The fraction of sp³-hybridized carbons (Fsp3) is 0.800. The fourth-order valence-corrected chi connectivity index (χ4v) is 0.476. The molecular weight excluding hydrogens is 118 g/mol. The zero-order valence-corrected chi connectivity index (χ0v) is 6.14. The van der Waals surface area contributed by atoms with Crippen LogP contribution in [0.15, 0.2) is 0 Å². The summed E-state index contributed by atoms with van der Waals surface area (Å²) < 4.78 is 0.600. The number of hydrazine groups is 1. The Morgan fingerprint density at radius 1 is 1.56 bits per heavy atom. The molecule has 0 unspecified atom stereocenters. The Morgan fingerprint density at radius 2 is 2.00 bits per heavy atom. The van der Waals surface area contributed by atoms with Gasteiger partial charge in [-0.25, -0.2) is 5.84 Å². The highest BCUT2D eigenvalue weighted by atomic mass is 16.2. The Morgan fingerprint density at radius 3 is 2.11 bits per heavy atom. The number of carbonyl (C=O) groups is 1. The molecule has 4 heteroatoms. The predicted octanol–water partition coefficient (Wildman–Crippen LogP) is -1.32. The van der Waals surface area contributed by atoms with Crippen molar-refractivity contribution in [3.05, 3.63) is 0 Å². The lowest BCUT2D eigenvalue weighted by molar-refractivity contribution is -0.862. The summed E-state index contributed by atoms with van der Waals surface area (Å²) in [6.45, 7) is 0.413. The molecule has 0 spiro atoms. The lowest BCUT2D eigenvalue weighted by Gasteiger charge is -2.21. The Bertz CT molecular complexity index is 105. The van der Waals surface area contributed by atoms with Crippen molar-refractivity contribution >= 4 is 5.91 Å². The Kier molecular flexibility index (Phi) is 2.61. The minimum absolute atomic E-state index is 0.137. The van der Waals surface area contributed by atoms with Crippen molar-refractivity contribution in [2.45, 2.75) is 0 Å². The second-order valence-corrected chi connectivity index (χ2v) is 3.02. The molecule has 0 aromatic heterocycles. The number of hydrogen-bond acceptors (Lipinski definition) is 2. The molecule has 0 saturated carbocycles. The fourth-order valence-electron chi connectivity index (χ4n) is 0.476. The summed E-state index contributed by atoms with van der Waals surface area (Å²) in [5, 5.41) is 0. The second kappa shape index (κ2) is 2.80. The molecule has 0 aromatic rings. The maximum atomic E-state index is 10.6. The van der Waals surface area contributed by atoms with Crippen LogP contribution in [-0.4, -0.2) is 38.1 Å². The number of quaternary nitrogens is 1.